The van der Waals surface area contributed by atoms with Gasteiger partial charge in [0, 0.05) is 4.47 Å². The average molecular weight is 370 g/mol. The Morgan fingerprint density at radius 1 is 1.14 bits per heavy atom. The number of anilines is 1. The van der Waals surface area contributed by atoms with Gasteiger partial charge in [-0.15, -0.1) is 0 Å². The van der Waals surface area contributed by atoms with Crippen LogP contribution in [-0.2, 0) is 16.6 Å². The lowest BCUT2D eigenvalue weighted by atomic mass is 10.1. The first kappa shape index (κ1) is 16.0. The summed E-state index contributed by atoms with van der Waals surface area (Å²) in [4.78, 5) is 0.139. The zero-order chi connectivity index (χ0) is 15.6. The van der Waals surface area contributed by atoms with E-state index in [2.05, 4.69) is 20.7 Å². The monoisotopic (exact) mass is 369 g/mol. The summed E-state index contributed by atoms with van der Waals surface area (Å²) >= 11 is 3.24. The van der Waals surface area contributed by atoms with Crippen molar-refractivity contribution in [3.05, 3.63) is 57.6 Å². The molecule has 0 radical (unpaired) electrons. The highest BCUT2D eigenvalue weighted by Gasteiger charge is 2.18. The van der Waals surface area contributed by atoms with Crippen molar-refractivity contribution in [2.45, 2.75) is 25.3 Å². The van der Waals surface area contributed by atoms with Crippen molar-refractivity contribution in [2.75, 3.05) is 4.72 Å². The maximum absolute atomic E-state index is 12.5. The molecule has 0 aliphatic heterocycles. The van der Waals surface area contributed by atoms with E-state index >= 15 is 0 Å². The van der Waals surface area contributed by atoms with Gasteiger partial charge >= 0.3 is 0 Å². The summed E-state index contributed by atoms with van der Waals surface area (Å²) in [6, 6.07) is 10.2. The van der Waals surface area contributed by atoms with Crippen LogP contribution in [0.5, 0.6) is 0 Å². The lowest BCUT2D eigenvalue weighted by Gasteiger charge is -2.12. The van der Waals surface area contributed by atoms with Crippen LogP contribution in [0.2, 0.25) is 0 Å². The van der Waals surface area contributed by atoms with Crippen LogP contribution in [0, 0.1) is 13.8 Å². The van der Waals surface area contributed by atoms with Gasteiger partial charge in [0.1, 0.15) is 4.90 Å². The van der Waals surface area contributed by atoms with E-state index in [0.717, 1.165) is 11.1 Å². The van der Waals surface area contributed by atoms with Crippen molar-refractivity contribution in [2.24, 2.45) is 0 Å². The molecule has 0 saturated carbocycles. The van der Waals surface area contributed by atoms with Crippen molar-refractivity contribution < 1.29 is 13.5 Å². The van der Waals surface area contributed by atoms with E-state index in [0.29, 0.717) is 15.7 Å². The van der Waals surface area contributed by atoms with E-state index in [1.54, 1.807) is 18.2 Å². The third kappa shape index (κ3) is 3.64. The van der Waals surface area contributed by atoms with Gasteiger partial charge in [-0.25, -0.2) is 8.42 Å². The average Bonchev–Trinajstić information content (AvgIpc) is 2.41. The fraction of sp³-hybridized carbons (Fsp3) is 0.200. The number of rotatable bonds is 4. The lowest BCUT2D eigenvalue weighted by Crippen LogP contribution is -2.14. The summed E-state index contributed by atoms with van der Waals surface area (Å²) < 4.78 is 27.9. The van der Waals surface area contributed by atoms with Crippen molar-refractivity contribution in [3.63, 3.8) is 0 Å². The maximum Gasteiger partial charge on any atom is 0.263 e. The highest BCUT2D eigenvalue weighted by molar-refractivity contribution is 9.10. The number of aliphatic hydroxyl groups is 1. The number of hydrogen-bond donors (Lipinski definition) is 2. The zero-order valence-corrected chi connectivity index (χ0v) is 14.1. The van der Waals surface area contributed by atoms with Gasteiger partial charge in [-0.05, 0) is 59.1 Å². The molecule has 0 amide bonds. The number of halogens is 1. The molecule has 0 atom stereocenters. The molecule has 6 heteroatoms. The van der Waals surface area contributed by atoms with E-state index in [-0.39, 0.29) is 11.5 Å². The van der Waals surface area contributed by atoms with E-state index in [9.17, 15) is 8.42 Å². The number of sulfonamides is 1. The van der Waals surface area contributed by atoms with Crippen molar-refractivity contribution >= 4 is 31.6 Å². The first-order chi connectivity index (χ1) is 9.83. The molecule has 0 fully saturated rings. The quantitative estimate of drug-likeness (QED) is 0.867. The summed E-state index contributed by atoms with van der Waals surface area (Å²) in [5, 5.41) is 9.07. The van der Waals surface area contributed by atoms with Gasteiger partial charge in [0.05, 0.1) is 12.3 Å². The second-order valence-electron chi connectivity index (χ2n) is 4.85. The summed E-state index contributed by atoms with van der Waals surface area (Å²) in [5.74, 6) is 0. The molecule has 0 aromatic heterocycles. The predicted octanol–water partition coefficient (Wildman–Crippen LogP) is 3.36. The molecule has 0 aliphatic carbocycles. The molecular formula is C15H16BrNO3S. The lowest BCUT2D eigenvalue weighted by molar-refractivity contribution is 0.281. The largest absolute Gasteiger partial charge is 0.392 e. The third-order valence-corrected chi connectivity index (χ3v) is 5.44. The van der Waals surface area contributed by atoms with Crippen LogP contribution < -0.4 is 4.72 Å². The normalized spacial score (nSPS) is 11.4. The highest BCUT2D eigenvalue weighted by atomic mass is 79.9. The molecule has 0 heterocycles. The summed E-state index contributed by atoms with van der Waals surface area (Å²) in [7, 11) is -3.68. The van der Waals surface area contributed by atoms with Gasteiger partial charge in [-0.1, -0.05) is 23.8 Å². The Morgan fingerprint density at radius 2 is 1.86 bits per heavy atom. The van der Waals surface area contributed by atoms with Gasteiger partial charge < -0.3 is 5.11 Å². The Kier molecular flexibility index (Phi) is 4.70. The van der Waals surface area contributed by atoms with Crippen LogP contribution in [0.4, 0.5) is 5.69 Å². The second kappa shape index (κ2) is 6.17. The third-order valence-electron chi connectivity index (χ3n) is 3.09. The second-order valence-corrected chi connectivity index (χ2v) is 7.35. The van der Waals surface area contributed by atoms with E-state index < -0.39 is 10.0 Å². The molecule has 112 valence electrons. The molecule has 2 aromatic rings. The van der Waals surface area contributed by atoms with E-state index in [1.807, 2.05) is 26.0 Å². The molecule has 21 heavy (non-hydrogen) atoms. The first-order valence-electron chi connectivity index (χ1n) is 6.33. The summed E-state index contributed by atoms with van der Waals surface area (Å²) in [6.07, 6.45) is 0. The van der Waals surface area contributed by atoms with Crippen molar-refractivity contribution in [3.8, 4) is 0 Å². The number of aliphatic hydroxyl groups excluding tert-OH is 1. The Balaban J connectivity index is 2.38. The number of aryl methyl sites for hydroxylation is 2. The van der Waals surface area contributed by atoms with Gasteiger partial charge in [0.25, 0.3) is 10.0 Å². The summed E-state index contributed by atoms with van der Waals surface area (Å²) in [5.41, 5.74) is 3.14. The molecule has 0 bridgehead atoms. The molecule has 0 spiro atoms. The van der Waals surface area contributed by atoms with Crippen LogP contribution in [0.1, 0.15) is 16.7 Å². The molecule has 0 unspecified atom stereocenters. The number of hydrogen-bond acceptors (Lipinski definition) is 3. The molecule has 2 aromatic carbocycles. The van der Waals surface area contributed by atoms with E-state index in [4.69, 9.17) is 5.11 Å². The van der Waals surface area contributed by atoms with Gasteiger partial charge in [-0.2, -0.15) is 0 Å². The fourth-order valence-corrected chi connectivity index (χ4v) is 4.25. The molecule has 2 N–H and O–H groups in total. The SMILES string of the molecule is Cc1ccc(NS(=O)(=O)c2ccc(CO)cc2Br)c(C)c1. The summed E-state index contributed by atoms with van der Waals surface area (Å²) in [6.45, 7) is 3.67. The topological polar surface area (TPSA) is 66.4 Å². The van der Waals surface area contributed by atoms with Crippen LogP contribution in [0.3, 0.4) is 0 Å². The predicted molar refractivity (Wildman–Crippen MR) is 86.8 cm³/mol. The van der Waals surface area contributed by atoms with Crippen molar-refractivity contribution in [1.29, 1.82) is 0 Å². The van der Waals surface area contributed by atoms with Gasteiger partial charge in [-0.3, -0.25) is 4.72 Å². The van der Waals surface area contributed by atoms with Crippen LogP contribution in [0.15, 0.2) is 45.8 Å². The molecule has 2 rings (SSSR count). The minimum absolute atomic E-state index is 0.135. The minimum atomic E-state index is -3.68. The number of benzene rings is 2. The van der Waals surface area contributed by atoms with E-state index in [1.165, 1.54) is 6.07 Å². The Hall–Kier alpha value is -1.37. The molecule has 4 nitrogen and oxygen atoms in total. The molecule has 0 saturated heterocycles. The highest BCUT2D eigenvalue weighted by Crippen LogP contribution is 2.26. The minimum Gasteiger partial charge on any atom is -0.392 e. The van der Waals surface area contributed by atoms with Gasteiger partial charge in [0.2, 0.25) is 0 Å². The number of nitrogens with one attached hydrogen (secondary N) is 1. The zero-order valence-electron chi connectivity index (χ0n) is 11.7. The molecule has 0 aliphatic rings. The molecular weight excluding hydrogens is 354 g/mol. The smallest absolute Gasteiger partial charge is 0.263 e. The van der Waals surface area contributed by atoms with Crippen LogP contribution in [0.25, 0.3) is 0 Å². The maximum atomic E-state index is 12.5. The van der Waals surface area contributed by atoms with Gasteiger partial charge in [0.15, 0.2) is 0 Å². The first-order valence-corrected chi connectivity index (χ1v) is 8.60. The fourth-order valence-electron chi connectivity index (χ4n) is 1.99. The van der Waals surface area contributed by atoms with Crippen LogP contribution >= 0.6 is 15.9 Å². The van der Waals surface area contributed by atoms with Crippen LogP contribution in [-0.4, -0.2) is 13.5 Å². The van der Waals surface area contributed by atoms with Crippen molar-refractivity contribution in [1.82, 2.24) is 0 Å². The Bertz CT molecular complexity index is 772. The Morgan fingerprint density at radius 3 is 2.43 bits per heavy atom. The standard InChI is InChI=1S/C15H16BrNO3S/c1-10-3-5-14(11(2)7-10)17-21(19,20)15-6-4-12(9-18)8-13(15)16/h3-8,17-18H,9H2,1-2H3. The Labute approximate surface area is 133 Å².